The fourth-order valence-electron chi connectivity index (χ4n) is 2.67. The number of nitrogens with zero attached hydrogens (tertiary/aromatic N) is 2. The van der Waals surface area contributed by atoms with Crippen molar-refractivity contribution in [1.29, 1.82) is 5.41 Å². The molecule has 1 aromatic heterocycles. The second-order valence-corrected chi connectivity index (χ2v) is 7.59. The first kappa shape index (κ1) is 23.0. The minimum absolute atomic E-state index is 0.0222. The van der Waals surface area contributed by atoms with Crippen LogP contribution in [-0.4, -0.2) is 39.8 Å². The second-order valence-electron chi connectivity index (χ2n) is 6.61. The Kier molecular flexibility index (Phi) is 8.05. The summed E-state index contributed by atoms with van der Waals surface area (Å²) in [7, 11) is 0. The van der Waals surface area contributed by atoms with Gasteiger partial charge in [-0.2, -0.15) is 4.99 Å². The Balaban J connectivity index is 2.36. The molecule has 1 heterocycles. The maximum atomic E-state index is 12.6. The zero-order valence-corrected chi connectivity index (χ0v) is 17.7. The highest BCUT2D eigenvalue weighted by molar-refractivity contribution is 7.11. The number of aromatic nitrogens is 1. The van der Waals surface area contributed by atoms with Crippen molar-refractivity contribution in [3.63, 3.8) is 0 Å². The van der Waals surface area contributed by atoms with E-state index in [-0.39, 0.29) is 24.7 Å². The maximum absolute atomic E-state index is 12.6. The molecule has 0 aliphatic heterocycles. The average Bonchev–Trinajstić information content (AvgIpc) is 3.01. The minimum Gasteiger partial charge on any atom is -0.481 e. The smallest absolute Gasteiger partial charge is 0.305 e. The van der Waals surface area contributed by atoms with Crippen LogP contribution in [0.2, 0.25) is 0 Å². The van der Waals surface area contributed by atoms with E-state index in [4.69, 9.17) is 16.2 Å². The van der Waals surface area contributed by atoms with Crippen molar-refractivity contribution in [1.82, 2.24) is 9.88 Å². The zero-order valence-electron chi connectivity index (χ0n) is 16.9. The molecule has 0 saturated carbocycles. The van der Waals surface area contributed by atoms with Crippen LogP contribution in [0.5, 0.6) is 0 Å². The van der Waals surface area contributed by atoms with Gasteiger partial charge in [0.15, 0.2) is 4.80 Å². The molecule has 0 unspecified atom stereocenters. The van der Waals surface area contributed by atoms with E-state index in [1.807, 2.05) is 11.5 Å². The molecule has 0 aliphatic carbocycles. The predicted molar refractivity (Wildman–Crippen MR) is 114 cm³/mol. The third kappa shape index (κ3) is 5.86. The first-order valence-corrected chi connectivity index (χ1v) is 10.3. The molecule has 2 amide bonds. The summed E-state index contributed by atoms with van der Waals surface area (Å²) in [5, 5.41) is 18.7. The summed E-state index contributed by atoms with van der Waals surface area (Å²) in [6.07, 6.45) is 1.62. The Labute approximate surface area is 177 Å². The van der Waals surface area contributed by atoms with Crippen LogP contribution in [0.25, 0.3) is 0 Å². The van der Waals surface area contributed by atoms with Crippen molar-refractivity contribution >= 4 is 35.0 Å². The molecule has 160 valence electrons. The lowest BCUT2D eigenvalue weighted by Gasteiger charge is -2.06. The SMILES string of the molecule is CCCCn1c(C)c(C(=O)NCCC(=O)O)sc1=NC(=O)c1ccc(C(=N)N)cc1. The van der Waals surface area contributed by atoms with Crippen molar-refractivity contribution in [2.24, 2.45) is 10.7 Å². The Bertz CT molecular complexity index is 1020. The van der Waals surface area contributed by atoms with Gasteiger partial charge in [0, 0.05) is 29.9 Å². The van der Waals surface area contributed by atoms with Crippen LogP contribution in [0.4, 0.5) is 0 Å². The van der Waals surface area contributed by atoms with Gasteiger partial charge in [-0.1, -0.05) is 36.8 Å². The lowest BCUT2D eigenvalue weighted by atomic mass is 10.1. The van der Waals surface area contributed by atoms with Crippen LogP contribution < -0.4 is 15.9 Å². The van der Waals surface area contributed by atoms with Crippen molar-refractivity contribution < 1.29 is 19.5 Å². The Morgan fingerprint density at radius 2 is 1.87 bits per heavy atom. The van der Waals surface area contributed by atoms with Crippen LogP contribution in [-0.2, 0) is 11.3 Å². The highest BCUT2D eigenvalue weighted by atomic mass is 32.1. The fourth-order valence-corrected chi connectivity index (χ4v) is 3.74. The number of carbonyl (C=O) groups excluding carboxylic acids is 2. The lowest BCUT2D eigenvalue weighted by Crippen LogP contribution is -2.26. The second kappa shape index (κ2) is 10.5. The zero-order chi connectivity index (χ0) is 22.3. The standard InChI is InChI=1S/C20H25N5O4S/c1-3-4-11-25-12(2)16(19(29)23-10-9-15(26)27)30-20(25)24-18(28)14-7-5-13(6-8-14)17(21)22/h5-8H,3-4,9-11H2,1-2H3,(H3,21,22)(H,23,29)(H,26,27). The van der Waals surface area contributed by atoms with E-state index in [0.717, 1.165) is 24.2 Å². The molecule has 10 heteroatoms. The molecule has 9 nitrogen and oxygen atoms in total. The van der Waals surface area contributed by atoms with Gasteiger partial charge in [0.25, 0.3) is 11.8 Å². The summed E-state index contributed by atoms with van der Waals surface area (Å²) >= 11 is 1.10. The number of hydrogen-bond acceptors (Lipinski definition) is 5. The third-order valence-electron chi connectivity index (χ3n) is 4.36. The van der Waals surface area contributed by atoms with Gasteiger partial charge in [0.2, 0.25) is 0 Å². The fraction of sp³-hybridized carbons (Fsp3) is 0.350. The third-order valence-corrected chi connectivity index (χ3v) is 5.54. The number of carboxylic acid groups (broad SMARTS) is 1. The summed E-state index contributed by atoms with van der Waals surface area (Å²) in [5.74, 6) is -1.93. The summed E-state index contributed by atoms with van der Waals surface area (Å²) in [4.78, 5) is 40.8. The van der Waals surface area contributed by atoms with Gasteiger partial charge in [-0.15, -0.1) is 0 Å². The number of nitrogens with one attached hydrogen (secondary N) is 2. The molecule has 2 aromatic rings. The van der Waals surface area contributed by atoms with E-state index in [1.165, 1.54) is 0 Å². The van der Waals surface area contributed by atoms with Crippen molar-refractivity contribution in [3.05, 3.63) is 50.8 Å². The molecule has 0 saturated heterocycles. The van der Waals surface area contributed by atoms with Gasteiger partial charge in [0.05, 0.1) is 6.42 Å². The van der Waals surface area contributed by atoms with E-state index in [2.05, 4.69) is 10.3 Å². The highest BCUT2D eigenvalue weighted by Crippen LogP contribution is 2.14. The van der Waals surface area contributed by atoms with Crippen molar-refractivity contribution in [3.8, 4) is 0 Å². The molecule has 0 fully saturated rings. The number of nitrogens with two attached hydrogens (primary N) is 1. The van der Waals surface area contributed by atoms with Crippen LogP contribution in [0.15, 0.2) is 29.3 Å². The van der Waals surface area contributed by atoms with Gasteiger partial charge < -0.3 is 20.7 Å². The molecule has 0 aliphatic rings. The molecule has 0 atom stereocenters. The van der Waals surface area contributed by atoms with E-state index in [1.54, 1.807) is 31.2 Å². The van der Waals surface area contributed by atoms with Gasteiger partial charge >= 0.3 is 5.97 Å². The number of hydrogen-bond donors (Lipinski definition) is 4. The Morgan fingerprint density at radius 3 is 2.43 bits per heavy atom. The molecule has 0 radical (unpaired) electrons. The number of carboxylic acids is 1. The van der Waals surface area contributed by atoms with Crippen LogP contribution >= 0.6 is 11.3 Å². The number of thiazole rings is 1. The summed E-state index contributed by atoms with van der Waals surface area (Å²) in [5.41, 5.74) is 6.97. The number of benzene rings is 1. The quantitative estimate of drug-likeness (QED) is 0.353. The van der Waals surface area contributed by atoms with Crippen LogP contribution in [0, 0.1) is 12.3 Å². The van der Waals surface area contributed by atoms with E-state index < -0.39 is 11.9 Å². The van der Waals surface area contributed by atoms with Crippen LogP contribution in [0.3, 0.4) is 0 Å². The summed E-state index contributed by atoms with van der Waals surface area (Å²) in [6, 6.07) is 6.27. The van der Waals surface area contributed by atoms with Gasteiger partial charge in [0.1, 0.15) is 10.7 Å². The molecule has 1 aromatic carbocycles. The monoisotopic (exact) mass is 431 g/mol. The topological polar surface area (TPSA) is 151 Å². The molecular weight excluding hydrogens is 406 g/mol. The van der Waals surface area contributed by atoms with Crippen LogP contribution in [0.1, 0.15) is 57.5 Å². The number of carbonyl (C=O) groups is 3. The summed E-state index contributed by atoms with van der Waals surface area (Å²) < 4.78 is 1.84. The number of unbranched alkanes of at least 4 members (excludes halogenated alkanes) is 1. The number of nitrogen functional groups attached to an aromatic ring is 1. The highest BCUT2D eigenvalue weighted by Gasteiger charge is 2.17. The predicted octanol–water partition coefficient (Wildman–Crippen LogP) is 1.89. The molecule has 0 bridgehead atoms. The number of amidine groups is 1. The molecule has 0 spiro atoms. The number of rotatable bonds is 9. The van der Waals surface area contributed by atoms with Gasteiger partial charge in [-0.05, 0) is 25.5 Å². The molecule has 30 heavy (non-hydrogen) atoms. The number of amides is 2. The Morgan fingerprint density at radius 1 is 1.23 bits per heavy atom. The van der Waals surface area contributed by atoms with Crippen molar-refractivity contribution in [2.45, 2.75) is 39.7 Å². The minimum atomic E-state index is -0.992. The molecular formula is C20H25N5O4S. The normalized spacial score (nSPS) is 11.3. The first-order chi connectivity index (χ1) is 14.2. The molecule has 2 rings (SSSR count). The van der Waals surface area contributed by atoms with E-state index >= 15 is 0 Å². The largest absolute Gasteiger partial charge is 0.481 e. The number of aliphatic carboxylic acids is 1. The van der Waals surface area contributed by atoms with E-state index in [0.29, 0.717) is 33.0 Å². The summed E-state index contributed by atoms with van der Waals surface area (Å²) in [6.45, 7) is 4.45. The Hall–Kier alpha value is -3.27. The lowest BCUT2D eigenvalue weighted by molar-refractivity contribution is -0.136. The molecule has 5 N–H and O–H groups in total. The van der Waals surface area contributed by atoms with Gasteiger partial charge in [-0.25, -0.2) is 0 Å². The maximum Gasteiger partial charge on any atom is 0.305 e. The average molecular weight is 432 g/mol. The van der Waals surface area contributed by atoms with Crippen molar-refractivity contribution in [2.75, 3.05) is 6.54 Å². The van der Waals surface area contributed by atoms with Gasteiger partial charge in [-0.3, -0.25) is 19.8 Å². The van der Waals surface area contributed by atoms with E-state index in [9.17, 15) is 14.4 Å². The first-order valence-electron chi connectivity index (χ1n) is 9.48.